The molecule has 0 aromatic rings. The summed E-state index contributed by atoms with van der Waals surface area (Å²) in [6.07, 6.45) is 83.1. The number of carbonyl (C=O) groups excluding carboxylic acids is 2. The highest BCUT2D eigenvalue weighted by Gasteiger charge is 2.36. The van der Waals surface area contributed by atoms with Crippen molar-refractivity contribution >= 4 is 11.9 Å². The molecular weight excluding hydrogens is 913 g/mol. The lowest BCUT2D eigenvalue weighted by molar-refractivity contribution is -0.155. The number of cyclic esters (lactones) is 2. The molecule has 0 bridgehead atoms. The molecule has 2 N–H and O–H groups in total. The first-order valence-electron chi connectivity index (χ1n) is 33.8. The fraction of sp³-hybridized carbons (Fsp3) is 0.941. The van der Waals surface area contributed by atoms with Gasteiger partial charge in [0.25, 0.3) is 0 Å². The fourth-order valence-corrected chi connectivity index (χ4v) is 11.3. The minimum absolute atomic E-state index is 0.00342. The van der Waals surface area contributed by atoms with Crippen LogP contribution in [0.25, 0.3) is 0 Å². The van der Waals surface area contributed by atoms with Crippen LogP contribution in [0.5, 0.6) is 0 Å². The second-order valence-corrected chi connectivity index (χ2v) is 24.2. The molecule has 1 rings (SSSR count). The Morgan fingerprint density at radius 3 is 0.838 bits per heavy atom. The lowest BCUT2D eigenvalue weighted by atomic mass is 9.92. The molecule has 1 heterocycles. The van der Waals surface area contributed by atoms with Crippen molar-refractivity contribution in [3.8, 4) is 0 Å². The number of hydrogen-bond acceptors (Lipinski definition) is 6. The van der Waals surface area contributed by atoms with E-state index in [4.69, 9.17) is 9.47 Å². The molecule has 1 aliphatic rings. The van der Waals surface area contributed by atoms with Gasteiger partial charge in [-0.1, -0.05) is 347 Å². The topological polar surface area (TPSA) is 93.1 Å². The van der Waals surface area contributed by atoms with E-state index in [1.807, 2.05) is 0 Å². The number of hydrogen-bond donors (Lipinski definition) is 2. The number of rotatable bonds is 59. The van der Waals surface area contributed by atoms with Crippen LogP contribution in [0, 0.1) is 11.3 Å². The minimum Gasteiger partial charge on any atom is -0.465 e. The fourth-order valence-electron chi connectivity index (χ4n) is 11.3. The molecule has 0 saturated carbocycles. The van der Waals surface area contributed by atoms with E-state index in [0.717, 1.165) is 19.3 Å². The van der Waals surface area contributed by atoms with Crippen LogP contribution in [0.15, 0.2) is 12.2 Å². The third-order valence-electron chi connectivity index (χ3n) is 16.8. The molecule has 1 unspecified atom stereocenters. The second kappa shape index (κ2) is 57.8. The van der Waals surface area contributed by atoms with Crippen LogP contribution in [0.3, 0.4) is 0 Å². The quantitative estimate of drug-likeness (QED) is 0.0358. The summed E-state index contributed by atoms with van der Waals surface area (Å²) in [6, 6.07) is 0. The van der Waals surface area contributed by atoms with E-state index in [2.05, 4.69) is 19.1 Å². The van der Waals surface area contributed by atoms with Gasteiger partial charge < -0.3 is 19.7 Å². The van der Waals surface area contributed by atoms with Gasteiger partial charge >= 0.3 is 11.9 Å². The summed E-state index contributed by atoms with van der Waals surface area (Å²) in [6.45, 7) is 1.21. The molecule has 438 valence electrons. The monoisotopic (exact) mass is 1040 g/mol. The van der Waals surface area contributed by atoms with Gasteiger partial charge in [-0.2, -0.15) is 0 Å². The maximum Gasteiger partial charge on any atom is 0.309 e. The Kier molecular flexibility index (Phi) is 55.1. The van der Waals surface area contributed by atoms with Crippen LogP contribution in [-0.4, -0.2) is 48.6 Å². The van der Waals surface area contributed by atoms with Crippen molar-refractivity contribution in [2.45, 2.75) is 373 Å². The van der Waals surface area contributed by atoms with Crippen LogP contribution in [0.2, 0.25) is 0 Å². The zero-order chi connectivity index (χ0) is 53.2. The summed E-state index contributed by atoms with van der Waals surface area (Å²) in [4.78, 5) is 24.7. The summed E-state index contributed by atoms with van der Waals surface area (Å²) in [5.74, 6) is -1.40. The molecule has 0 aromatic carbocycles. The van der Waals surface area contributed by atoms with Crippen LogP contribution >= 0.6 is 0 Å². The molecule has 1 fully saturated rings. The normalized spacial score (nSPS) is 15.1. The van der Waals surface area contributed by atoms with E-state index in [1.54, 1.807) is 0 Å². The van der Waals surface area contributed by atoms with Crippen molar-refractivity contribution in [3.63, 3.8) is 0 Å². The van der Waals surface area contributed by atoms with E-state index < -0.39 is 36.5 Å². The van der Waals surface area contributed by atoms with E-state index in [9.17, 15) is 19.8 Å². The molecule has 1 aliphatic heterocycles. The maximum absolute atomic E-state index is 12.5. The molecule has 0 spiro atoms. The smallest absolute Gasteiger partial charge is 0.309 e. The maximum atomic E-state index is 12.5. The zero-order valence-corrected chi connectivity index (χ0v) is 49.9. The van der Waals surface area contributed by atoms with Gasteiger partial charge in [0.15, 0.2) is 0 Å². The van der Waals surface area contributed by atoms with Crippen LogP contribution in [0.1, 0.15) is 373 Å². The number of aliphatic hydroxyl groups is 2. The van der Waals surface area contributed by atoms with Crippen LogP contribution in [0.4, 0.5) is 0 Å². The summed E-state index contributed by atoms with van der Waals surface area (Å²) < 4.78 is 10.6. The summed E-state index contributed by atoms with van der Waals surface area (Å²) in [5, 5.41) is 19.2. The third-order valence-corrected chi connectivity index (χ3v) is 16.8. The first kappa shape index (κ1) is 70.6. The van der Waals surface area contributed by atoms with Gasteiger partial charge in [0.1, 0.15) is 13.2 Å². The van der Waals surface area contributed by atoms with Gasteiger partial charge in [-0.25, -0.2) is 0 Å². The van der Waals surface area contributed by atoms with Gasteiger partial charge in [0, 0.05) is 0 Å². The summed E-state index contributed by atoms with van der Waals surface area (Å²) in [5.41, 5.74) is -1.12. The number of allylic oxidation sites excluding steroid dienone is 2. The Morgan fingerprint density at radius 1 is 0.351 bits per heavy atom. The van der Waals surface area contributed by atoms with E-state index in [0.29, 0.717) is 6.42 Å². The van der Waals surface area contributed by atoms with Crippen LogP contribution in [-0.2, 0) is 19.1 Å². The van der Waals surface area contributed by atoms with Crippen molar-refractivity contribution < 1.29 is 29.3 Å². The number of unbranched alkanes of at least 4 members (excludes halogenated alkanes) is 53. The van der Waals surface area contributed by atoms with Gasteiger partial charge in [0.2, 0.25) is 0 Å². The number of aliphatic hydroxyl groups excluding tert-OH is 2. The Morgan fingerprint density at radius 2 is 0.581 bits per heavy atom. The molecule has 1 saturated heterocycles. The zero-order valence-electron chi connectivity index (χ0n) is 49.9. The lowest BCUT2D eigenvalue weighted by Gasteiger charge is -2.27. The molecule has 1 atom stereocenters. The average Bonchev–Trinajstić information content (AvgIpc) is 3.47. The standard InChI is InChI=1S/C68H130O6/c1-2-3-4-5-6-7-8-9-10-11-12-13-14-15-16-17-18-19-20-21-22-23-24-25-26-27-28-29-30-31-32-33-34-35-36-37-38-39-40-41-42-43-44-45-46-47-48-49-50-51-52-53-54-55-56-57-58-59-65-60-66(71)73-63-68(61-69,62-70)64-74-67(65)72/h40-41,65,69-70H,2-39,42-64H2,1H3/b41-40+. The minimum atomic E-state index is -1.12. The average molecular weight is 1040 g/mol. The molecule has 74 heavy (non-hydrogen) atoms. The van der Waals surface area contributed by atoms with Gasteiger partial charge in [-0.15, -0.1) is 0 Å². The molecule has 6 nitrogen and oxygen atoms in total. The van der Waals surface area contributed by atoms with Crippen molar-refractivity contribution in [2.75, 3.05) is 26.4 Å². The molecule has 0 aliphatic carbocycles. The molecule has 6 heteroatoms. The largest absolute Gasteiger partial charge is 0.465 e. The van der Waals surface area contributed by atoms with Crippen molar-refractivity contribution in [1.29, 1.82) is 0 Å². The Hall–Kier alpha value is -1.40. The van der Waals surface area contributed by atoms with E-state index >= 15 is 0 Å². The number of esters is 2. The third kappa shape index (κ3) is 48.9. The van der Waals surface area contributed by atoms with Crippen molar-refractivity contribution in [2.24, 2.45) is 11.3 Å². The van der Waals surface area contributed by atoms with Gasteiger partial charge in [-0.3, -0.25) is 9.59 Å². The van der Waals surface area contributed by atoms with Crippen molar-refractivity contribution in [1.82, 2.24) is 0 Å². The lowest BCUT2D eigenvalue weighted by Crippen LogP contribution is -2.40. The van der Waals surface area contributed by atoms with Gasteiger partial charge in [0.05, 0.1) is 31.0 Å². The Bertz CT molecular complexity index is 1160. The first-order chi connectivity index (χ1) is 36.6. The van der Waals surface area contributed by atoms with E-state index in [-0.39, 0.29) is 19.6 Å². The molecule has 0 aromatic heterocycles. The predicted molar refractivity (Wildman–Crippen MR) is 320 cm³/mol. The summed E-state index contributed by atoms with van der Waals surface area (Å²) in [7, 11) is 0. The Balaban J connectivity index is 1.68. The molecule has 0 radical (unpaired) electrons. The number of ether oxygens (including phenoxy) is 2. The van der Waals surface area contributed by atoms with E-state index in [1.165, 1.54) is 334 Å². The molecule has 0 amide bonds. The summed E-state index contributed by atoms with van der Waals surface area (Å²) >= 11 is 0. The Labute approximate surface area is 462 Å². The highest BCUT2D eigenvalue weighted by molar-refractivity contribution is 5.80. The van der Waals surface area contributed by atoms with Crippen molar-refractivity contribution in [3.05, 3.63) is 12.2 Å². The van der Waals surface area contributed by atoms with Crippen LogP contribution < -0.4 is 0 Å². The number of carbonyl (C=O) groups is 2. The molecular formula is C68H130O6. The SMILES string of the molecule is CCCCCCCCCCCCCCCCCCCCCCCCCCCCCCCCCCCCCCC/C=C/CCCCCCCCCCCCCCCCCCC1CC(=O)OCC(CO)(CO)COC1=O. The second-order valence-electron chi connectivity index (χ2n) is 24.2. The highest BCUT2D eigenvalue weighted by atomic mass is 16.6. The first-order valence-corrected chi connectivity index (χ1v) is 33.8. The predicted octanol–water partition coefficient (Wildman–Crippen LogP) is 21.5. The van der Waals surface area contributed by atoms with Gasteiger partial charge in [-0.05, 0) is 32.1 Å². The highest BCUT2D eigenvalue weighted by Crippen LogP contribution is 2.25.